The highest BCUT2D eigenvalue weighted by Crippen LogP contribution is 2.13. The van der Waals surface area contributed by atoms with Crippen molar-refractivity contribution in [3.8, 4) is 0 Å². The average molecular weight is 332 g/mol. The molecule has 2 aromatic heterocycles. The number of hydrogen-bond donors (Lipinski definition) is 5. The lowest BCUT2D eigenvalue weighted by molar-refractivity contribution is 0.0944. The van der Waals surface area contributed by atoms with Crippen LogP contribution in [0.15, 0.2) is 18.3 Å². The first-order valence-electron chi connectivity index (χ1n) is 7.16. The van der Waals surface area contributed by atoms with Crippen molar-refractivity contribution in [3.63, 3.8) is 0 Å². The Morgan fingerprint density at radius 2 is 1.96 bits per heavy atom. The summed E-state index contributed by atoms with van der Waals surface area (Å²) in [7, 11) is 3.30. The van der Waals surface area contributed by atoms with Crippen LogP contribution in [0.25, 0.3) is 0 Å². The predicted octanol–water partition coefficient (Wildman–Crippen LogP) is -0.351. The number of nitrogens with zero attached hydrogens (tertiary/aromatic N) is 3. The molecule has 2 aromatic rings. The molecule has 24 heavy (non-hydrogen) atoms. The van der Waals surface area contributed by atoms with Crippen LogP contribution >= 0.6 is 0 Å². The highest BCUT2D eigenvalue weighted by Gasteiger charge is 2.16. The van der Waals surface area contributed by atoms with Crippen LogP contribution < -0.4 is 22.1 Å². The van der Waals surface area contributed by atoms with Gasteiger partial charge in [-0.25, -0.2) is 0 Å². The molecule has 0 unspecified atom stereocenters. The molecular formula is C14H20N8O2. The molecule has 0 aliphatic rings. The maximum absolute atomic E-state index is 12.2. The molecule has 10 heteroatoms. The first-order chi connectivity index (χ1) is 11.3. The molecule has 0 saturated heterocycles. The minimum Gasteiger partial charge on any atom is -0.397 e. The Bertz CT molecular complexity index is 789. The average Bonchev–Trinajstić information content (AvgIpc) is 3.00. The molecule has 0 fully saturated rings. The van der Waals surface area contributed by atoms with Gasteiger partial charge in [0.05, 0.1) is 11.5 Å². The number of amides is 2. The highest BCUT2D eigenvalue weighted by atomic mass is 16.2. The molecule has 2 rings (SSSR count). The zero-order valence-electron chi connectivity index (χ0n) is 13.5. The summed E-state index contributed by atoms with van der Waals surface area (Å²) < 4.78 is 2.96. The lowest BCUT2D eigenvalue weighted by Crippen LogP contribution is -2.29. The Hall–Kier alpha value is -3.30. The van der Waals surface area contributed by atoms with Gasteiger partial charge in [-0.05, 0) is 6.07 Å². The van der Waals surface area contributed by atoms with Gasteiger partial charge in [0.1, 0.15) is 11.4 Å². The van der Waals surface area contributed by atoms with E-state index in [-0.39, 0.29) is 42.1 Å². The third-order valence-electron chi connectivity index (χ3n) is 3.29. The molecule has 2 heterocycles. The number of aryl methyl sites for hydroxylation is 2. The van der Waals surface area contributed by atoms with E-state index in [4.69, 9.17) is 16.9 Å². The van der Waals surface area contributed by atoms with Gasteiger partial charge in [0.15, 0.2) is 5.82 Å². The molecule has 2 amide bonds. The topological polar surface area (TPSA) is 157 Å². The Balaban J connectivity index is 2.05. The summed E-state index contributed by atoms with van der Waals surface area (Å²) in [6.07, 6.45) is 1.89. The molecule has 0 saturated carbocycles. The molecular weight excluding hydrogens is 312 g/mol. The fraction of sp³-hybridized carbons (Fsp3) is 0.286. The number of rotatable bonds is 6. The number of nitrogens with one attached hydrogen (secondary N) is 3. The first kappa shape index (κ1) is 17.1. The SMILES string of the molecule is Cn1cc(N)cc1C(=O)Nc1cc(C(=O)NCCC(=N)N)n(C)n1. The number of carbonyl (C=O) groups excluding carboxylic acids is 2. The summed E-state index contributed by atoms with van der Waals surface area (Å²) >= 11 is 0. The molecule has 0 aromatic carbocycles. The van der Waals surface area contributed by atoms with Crippen molar-refractivity contribution in [2.45, 2.75) is 6.42 Å². The van der Waals surface area contributed by atoms with E-state index < -0.39 is 0 Å². The molecule has 0 atom stereocenters. The van der Waals surface area contributed by atoms with Gasteiger partial charge in [0, 0.05) is 39.3 Å². The van der Waals surface area contributed by atoms with E-state index in [1.54, 1.807) is 30.9 Å². The molecule has 0 aliphatic carbocycles. The molecule has 0 spiro atoms. The molecule has 0 bridgehead atoms. The summed E-state index contributed by atoms with van der Waals surface area (Å²) in [6.45, 7) is 0.254. The van der Waals surface area contributed by atoms with Crippen LogP contribution in [0.3, 0.4) is 0 Å². The van der Waals surface area contributed by atoms with Crippen LogP contribution in [0.1, 0.15) is 27.4 Å². The zero-order chi connectivity index (χ0) is 17.9. The highest BCUT2D eigenvalue weighted by molar-refractivity contribution is 6.04. The smallest absolute Gasteiger partial charge is 0.273 e. The van der Waals surface area contributed by atoms with Crippen molar-refractivity contribution in [2.24, 2.45) is 19.8 Å². The van der Waals surface area contributed by atoms with Crippen LogP contribution in [0.4, 0.5) is 11.5 Å². The lowest BCUT2D eigenvalue weighted by atomic mass is 10.3. The lowest BCUT2D eigenvalue weighted by Gasteiger charge is -2.03. The Morgan fingerprint density at radius 3 is 2.54 bits per heavy atom. The number of carbonyl (C=O) groups is 2. The summed E-state index contributed by atoms with van der Waals surface area (Å²) in [5.41, 5.74) is 12.0. The first-order valence-corrected chi connectivity index (χ1v) is 7.16. The van der Waals surface area contributed by atoms with Crippen molar-refractivity contribution < 1.29 is 9.59 Å². The van der Waals surface area contributed by atoms with Gasteiger partial charge in [-0.1, -0.05) is 0 Å². The van der Waals surface area contributed by atoms with Gasteiger partial charge < -0.3 is 26.7 Å². The van der Waals surface area contributed by atoms with E-state index in [1.807, 2.05) is 0 Å². The van der Waals surface area contributed by atoms with E-state index in [2.05, 4.69) is 15.7 Å². The summed E-state index contributed by atoms with van der Waals surface area (Å²) in [6, 6.07) is 3.01. The second kappa shape index (κ2) is 6.86. The molecule has 0 radical (unpaired) electrons. The zero-order valence-corrected chi connectivity index (χ0v) is 13.5. The molecule has 128 valence electrons. The van der Waals surface area contributed by atoms with Crippen LogP contribution in [-0.4, -0.2) is 38.5 Å². The minimum atomic E-state index is -0.379. The standard InChI is InChI=1S/C14H20N8O2/c1-21-7-8(15)5-9(21)14(24)19-12-6-10(22(2)20-12)13(23)18-4-3-11(16)17/h5-7H,3-4,15H2,1-2H3,(H3,16,17)(H,18,23)(H,19,20,24). The number of anilines is 2. The Labute approximate surface area is 138 Å². The third kappa shape index (κ3) is 3.91. The van der Waals surface area contributed by atoms with Crippen molar-refractivity contribution >= 4 is 29.2 Å². The monoisotopic (exact) mass is 332 g/mol. The van der Waals surface area contributed by atoms with Crippen molar-refractivity contribution in [1.29, 1.82) is 5.41 Å². The maximum atomic E-state index is 12.2. The second-order valence-corrected chi connectivity index (χ2v) is 5.29. The summed E-state index contributed by atoms with van der Waals surface area (Å²) in [5, 5.41) is 16.5. The van der Waals surface area contributed by atoms with Gasteiger partial charge in [0.25, 0.3) is 11.8 Å². The van der Waals surface area contributed by atoms with Gasteiger partial charge in [0.2, 0.25) is 0 Å². The number of nitrogen functional groups attached to an aromatic ring is 1. The molecule has 10 nitrogen and oxygen atoms in total. The van der Waals surface area contributed by atoms with Crippen LogP contribution in [0, 0.1) is 5.41 Å². The van der Waals surface area contributed by atoms with E-state index >= 15 is 0 Å². The third-order valence-corrected chi connectivity index (χ3v) is 3.29. The van der Waals surface area contributed by atoms with Gasteiger partial charge in [-0.3, -0.25) is 19.7 Å². The quantitative estimate of drug-likeness (QED) is 0.361. The fourth-order valence-electron chi connectivity index (χ4n) is 2.14. The molecule has 7 N–H and O–H groups in total. The Kier molecular flexibility index (Phi) is 4.87. The normalized spacial score (nSPS) is 10.4. The summed E-state index contributed by atoms with van der Waals surface area (Å²) in [4.78, 5) is 24.3. The molecule has 0 aliphatic heterocycles. The van der Waals surface area contributed by atoms with Crippen molar-refractivity contribution in [3.05, 3.63) is 29.7 Å². The van der Waals surface area contributed by atoms with E-state index in [9.17, 15) is 9.59 Å². The number of nitrogens with two attached hydrogens (primary N) is 2. The van der Waals surface area contributed by atoms with Crippen molar-refractivity contribution in [2.75, 3.05) is 17.6 Å². The van der Waals surface area contributed by atoms with Crippen molar-refractivity contribution in [1.82, 2.24) is 19.7 Å². The van der Waals surface area contributed by atoms with Crippen LogP contribution in [-0.2, 0) is 14.1 Å². The van der Waals surface area contributed by atoms with Gasteiger partial charge in [-0.15, -0.1) is 0 Å². The van der Waals surface area contributed by atoms with Crippen LogP contribution in [0.5, 0.6) is 0 Å². The van der Waals surface area contributed by atoms with Gasteiger partial charge in [-0.2, -0.15) is 5.10 Å². The second-order valence-electron chi connectivity index (χ2n) is 5.29. The Morgan fingerprint density at radius 1 is 1.25 bits per heavy atom. The maximum Gasteiger partial charge on any atom is 0.273 e. The van der Waals surface area contributed by atoms with Gasteiger partial charge >= 0.3 is 0 Å². The largest absolute Gasteiger partial charge is 0.397 e. The van der Waals surface area contributed by atoms with E-state index in [0.717, 1.165) is 0 Å². The van der Waals surface area contributed by atoms with Crippen LogP contribution in [0.2, 0.25) is 0 Å². The fourth-order valence-corrected chi connectivity index (χ4v) is 2.14. The number of aromatic nitrogens is 3. The predicted molar refractivity (Wildman–Crippen MR) is 89.9 cm³/mol. The van der Waals surface area contributed by atoms with E-state index in [1.165, 1.54) is 10.7 Å². The number of hydrogen-bond acceptors (Lipinski definition) is 5. The van der Waals surface area contributed by atoms with E-state index in [0.29, 0.717) is 11.4 Å². The summed E-state index contributed by atoms with van der Waals surface area (Å²) in [5.74, 6) is -0.500. The number of amidine groups is 1. The minimum absolute atomic E-state index is 0.00454.